The van der Waals surface area contributed by atoms with Crippen LogP contribution in [0.1, 0.15) is 0 Å². The summed E-state index contributed by atoms with van der Waals surface area (Å²) in [7, 11) is -5.17. The monoisotopic (exact) mass is 304 g/mol. The fourth-order valence-electron chi connectivity index (χ4n) is 0. The Morgan fingerprint density at radius 3 is 1.00 bits per heavy atom. The fourth-order valence-corrected chi connectivity index (χ4v) is 0. The van der Waals surface area contributed by atoms with Gasteiger partial charge in [0.2, 0.25) is 0 Å². The van der Waals surface area contributed by atoms with E-state index in [2.05, 4.69) is 0 Å². The molecule has 0 aromatic heterocycles. The first-order valence-corrected chi connectivity index (χ1v) is 2.00. The van der Waals surface area contributed by atoms with Gasteiger partial charge in [0.05, 0.1) is 0 Å². The second kappa shape index (κ2) is 10.2. The van der Waals surface area contributed by atoms with Crippen LogP contribution in [0.25, 0.3) is 0 Å². The van der Waals surface area contributed by atoms with E-state index >= 15 is 0 Å². The van der Waals surface area contributed by atoms with E-state index in [-0.39, 0.29) is 104 Å². The molecule has 8 heteroatoms. The standard InChI is InChI=1S/H2O4S.S.2Sr/c1-5(2,3)4;;;/h(H2,1,2,3,4);;;/q;-2;2*+2/p-2. The minimum absolute atomic E-state index is 0. The van der Waals surface area contributed by atoms with Crippen molar-refractivity contribution in [3.05, 3.63) is 0 Å². The first kappa shape index (κ1) is 22.5. The molecule has 0 saturated heterocycles. The van der Waals surface area contributed by atoms with Crippen LogP contribution in [0.15, 0.2) is 0 Å². The zero-order valence-corrected chi connectivity index (χ0v) is 12.4. The van der Waals surface area contributed by atoms with Gasteiger partial charge in [-0.1, -0.05) is 0 Å². The van der Waals surface area contributed by atoms with Crippen molar-refractivity contribution in [3.63, 3.8) is 0 Å². The topological polar surface area (TPSA) is 80.3 Å². The Morgan fingerprint density at radius 2 is 1.00 bits per heavy atom. The molecule has 40 valence electrons. The molecule has 0 spiro atoms. The smallest absolute Gasteiger partial charge is 2.00 e. The van der Waals surface area contributed by atoms with Gasteiger partial charge in [0, 0.05) is 10.4 Å². The minimum atomic E-state index is -5.17. The number of hydrogen-bond donors (Lipinski definition) is 0. The van der Waals surface area contributed by atoms with Crippen molar-refractivity contribution in [2.75, 3.05) is 0 Å². The molecule has 0 atom stereocenters. The largest absolute Gasteiger partial charge is 2.00 e. The normalized spacial score (nSPS) is 7.25. The molecule has 0 aliphatic heterocycles. The molecule has 0 unspecified atom stereocenters. The number of rotatable bonds is 0. The zero-order chi connectivity index (χ0) is 4.50. The first-order valence-electron chi connectivity index (χ1n) is 0.667. The van der Waals surface area contributed by atoms with Crippen LogP contribution in [0, 0.1) is 0 Å². The molecule has 0 saturated carbocycles. The molecular formula is O4S2Sr2. The summed E-state index contributed by atoms with van der Waals surface area (Å²) in [6.45, 7) is 0. The minimum Gasteiger partial charge on any atom is -2.00 e. The fraction of sp³-hybridized carbons (Fsp3) is 0. The van der Waals surface area contributed by atoms with Crippen LogP contribution in [-0.4, -0.2) is 108 Å². The van der Waals surface area contributed by atoms with Gasteiger partial charge in [-0.2, -0.15) is 0 Å². The van der Waals surface area contributed by atoms with Crippen molar-refractivity contribution < 1.29 is 17.5 Å². The van der Waals surface area contributed by atoms with Crippen LogP contribution in [0.4, 0.5) is 0 Å². The third kappa shape index (κ3) is 60.7. The van der Waals surface area contributed by atoms with Crippen molar-refractivity contribution in [2.24, 2.45) is 0 Å². The van der Waals surface area contributed by atoms with E-state index in [9.17, 15) is 0 Å². The van der Waals surface area contributed by atoms with Gasteiger partial charge in [0.15, 0.2) is 0 Å². The summed E-state index contributed by atoms with van der Waals surface area (Å²) in [5.41, 5.74) is 0. The van der Waals surface area contributed by atoms with Crippen LogP contribution in [-0.2, 0) is 23.9 Å². The van der Waals surface area contributed by atoms with Crippen molar-refractivity contribution in [2.45, 2.75) is 0 Å². The molecule has 0 aliphatic rings. The molecule has 0 radical (unpaired) electrons. The average molecular weight is 303 g/mol. The molecule has 0 fully saturated rings. The van der Waals surface area contributed by atoms with Gasteiger partial charge in [-0.15, -0.1) is 0 Å². The molecule has 0 N–H and O–H groups in total. The molecule has 0 bridgehead atoms. The summed E-state index contributed by atoms with van der Waals surface area (Å²) in [4.78, 5) is 0. The zero-order valence-electron chi connectivity index (χ0n) is 3.86. The third-order valence-corrected chi connectivity index (χ3v) is 0. The Balaban J connectivity index is -0.0000000267. The van der Waals surface area contributed by atoms with Crippen molar-refractivity contribution in [1.29, 1.82) is 0 Å². The first-order chi connectivity index (χ1) is 2.00. The molecule has 4 nitrogen and oxygen atoms in total. The van der Waals surface area contributed by atoms with E-state index in [1.165, 1.54) is 0 Å². The van der Waals surface area contributed by atoms with Gasteiger partial charge in [-0.05, 0) is 0 Å². The Kier molecular flexibility index (Phi) is 28.6. The second-order valence-corrected chi connectivity index (χ2v) is 1.22. The predicted molar refractivity (Wildman–Crippen MR) is 29.3 cm³/mol. The SMILES string of the molecule is O=S(=O)([O-])[O-].[S-2].[Sr+2].[Sr+2]. The third-order valence-electron chi connectivity index (χ3n) is 0. The van der Waals surface area contributed by atoms with Gasteiger partial charge in [0.25, 0.3) is 0 Å². The van der Waals surface area contributed by atoms with E-state index in [1.807, 2.05) is 0 Å². The molecule has 0 aromatic rings. The Morgan fingerprint density at radius 1 is 1.00 bits per heavy atom. The summed E-state index contributed by atoms with van der Waals surface area (Å²) in [5.74, 6) is 0. The van der Waals surface area contributed by atoms with Crippen molar-refractivity contribution >= 4 is 115 Å². The Bertz CT molecular complexity index is 95.2. The van der Waals surface area contributed by atoms with Gasteiger partial charge in [-0.3, -0.25) is 8.42 Å². The van der Waals surface area contributed by atoms with E-state index in [1.54, 1.807) is 0 Å². The Labute approximate surface area is 129 Å². The predicted octanol–water partition coefficient (Wildman–Crippen LogP) is -2.10. The van der Waals surface area contributed by atoms with Crippen molar-refractivity contribution in [3.8, 4) is 0 Å². The van der Waals surface area contributed by atoms with Gasteiger partial charge < -0.3 is 22.6 Å². The maximum Gasteiger partial charge on any atom is 2.00 e. The molecule has 8 heavy (non-hydrogen) atoms. The second-order valence-electron chi connectivity index (χ2n) is 0.408. The summed E-state index contributed by atoms with van der Waals surface area (Å²) < 4.78 is 34.1. The van der Waals surface area contributed by atoms with Crippen molar-refractivity contribution in [1.82, 2.24) is 0 Å². The van der Waals surface area contributed by atoms with Crippen LogP contribution < -0.4 is 0 Å². The summed E-state index contributed by atoms with van der Waals surface area (Å²) in [6.07, 6.45) is 0. The van der Waals surface area contributed by atoms with E-state index < -0.39 is 10.4 Å². The van der Waals surface area contributed by atoms with Crippen LogP contribution in [0.5, 0.6) is 0 Å². The summed E-state index contributed by atoms with van der Waals surface area (Å²) >= 11 is 0. The Hall–Kier alpha value is 3.18. The maximum absolute atomic E-state index is 8.52. The summed E-state index contributed by atoms with van der Waals surface area (Å²) in [6, 6.07) is 0. The molecular weight excluding hydrogens is 303 g/mol. The summed E-state index contributed by atoms with van der Waals surface area (Å²) in [5, 5.41) is 0. The maximum atomic E-state index is 8.52. The molecule has 0 aromatic carbocycles. The average Bonchev–Trinajstić information content (AvgIpc) is 0.722. The van der Waals surface area contributed by atoms with E-state index in [0.29, 0.717) is 0 Å². The van der Waals surface area contributed by atoms with Gasteiger partial charge >= 0.3 is 91.0 Å². The molecule has 0 heterocycles. The van der Waals surface area contributed by atoms with Crippen LogP contribution in [0.2, 0.25) is 0 Å². The van der Waals surface area contributed by atoms with E-state index in [4.69, 9.17) is 17.5 Å². The quantitative estimate of drug-likeness (QED) is 0.292. The van der Waals surface area contributed by atoms with Gasteiger partial charge in [0.1, 0.15) is 0 Å². The van der Waals surface area contributed by atoms with Crippen LogP contribution in [0.3, 0.4) is 0 Å². The molecule has 0 aliphatic carbocycles. The number of hydrogen-bond acceptors (Lipinski definition) is 4. The van der Waals surface area contributed by atoms with E-state index in [0.717, 1.165) is 0 Å². The molecule has 0 rings (SSSR count). The van der Waals surface area contributed by atoms with Crippen LogP contribution >= 0.6 is 0 Å². The molecule has 0 amide bonds. The van der Waals surface area contributed by atoms with Gasteiger partial charge in [-0.25, -0.2) is 0 Å².